The lowest BCUT2D eigenvalue weighted by Gasteiger charge is -2.34. The monoisotopic (exact) mass is 851 g/mol. The second-order valence-electron chi connectivity index (χ2n) is 13.6. The van der Waals surface area contributed by atoms with Crippen molar-refractivity contribution in [3.05, 3.63) is 0 Å². The number of esters is 5. The fourth-order valence-electron chi connectivity index (χ4n) is 5.43. The van der Waals surface area contributed by atoms with Crippen LogP contribution in [0.15, 0.2) is 0 Å². The van der Waals surface area contributed by atoms with Crippen LogP contribution in [0.1, 0.15) is 72.1 Å². The lowest BCUT2D eigenvalue weighted by Crippen LogP contribution is -2.52. The van der Waals surface area contributed by atoms with Crippen LogP contribution in [0.4, 0.5) is 0 Å². The van der Waals surface area contributed by atoms with Crippen LogP contribution >= 0.6 is 0 Å². The number of carbonyl (C=O) groups excluding carboxylic acids is 5. The van der Waals surface area contributed by atoms with Gasteiger partial charge in [-0.25, -0.2) is 0 Å². The van der Waals surface area contributed by atoms with E-state index in [1.807, 2.05) is 0 Å². The summed E-state index contributed by atoms with van der Waals surface area (Å²) in [4.78, 5) is 120. The number of nitrogens with zero attached hydrogens (tertiary/aromatic N) is 3. The Morgan fingerprint density at radius 3 is 1.32 bits per heavy atom. The van der Waals surface area contributed by atoms with Crippen LogP contribution in [0.3, 0.4) is 0 Å². The van der Waals surface area contributed by atoms with Crippen LogP contribution in [0.2, 0.25) is 0 Å². The summed E-state index contributed by atoms with van der Waals surface area (Å²) in [6.45, 7) is -3.30. The minimum Gasteiger partial charge on any atom is -0.480 e. The number of aliphatic carboxylic acids is 5. The molecule has 0 aliphatic heterocycles. The molecule has 0 aromatic rings. The summed E-state index contributed by atoms with van der Waals surface area (Å²) in [5.74, 6) is -10.5. The lowest BCUT2D eigenvalue weighted by atomic mass is 9.91. The molecule has 0 saturated heterocycles. The van der Waals surface area contributed by atoms with Crippen LogP contribution in [-0.4, -0.2) is 191 Å². The molecule has 1 atom stereocenters. The molecule has 0 fully saturated rings. The molecule has 59 heavy (non-hydrogen) atoms. The zero-order valence-corrected chi connectivity index (χ0v) is 33.6. The zero-order valence-electron chi connectivity index (χ0n) is 33.6. The molecule has 23 heteroatoms. The lowest BCUT2D eigenvalue weighted by molar-refractivity contribution is -0.178. The number of rotatable bonds is 35. The molecule has 0 spiro atoms. The Balaban J connectivity index is 5.20. The van der Waals surface area contributed by atoms with E-state index in [1.54, 1.807) is 0 Å². The maximum atomic E-state index is 13.0. The number of hydrogen-bond donors (Lipinski definition) is 5. The zero-order chi connectivity index (χ0) is 45.0. The molecule has 1 unspecified atom stereocenters. The first-order valence-electron chi connectivity index (χ1n) is 18.7. The summed E-state index contributed by atoms with van der Waals surface area (Å²) in [5.41, 5.74) is -1.77. The number of carboxylic acids is 5. The van der Waals surface area contributed by atoms with Crippen LogP contribution in [0, 0.1) is 5.41 Å². The van der Waals surface area contributed by atoms with E-state index in [2.05, 4.69) is 0 Å². The molecular weight excluding hydrogens is 794 g/mol. The highest BCUT2D eigenvalue weighted by Crippen LogP contribution is 2.23. The van der Waals surface area contributed by atoms with Gasteiger partial charge in [-0.05, 0) is 12.8 Å². The van der Waals surface area contributed by atoms with E-state index in [0.717, 1.165) is 49.8 Å². The van der Waals surface area contributed by atoms with Gasteiger partial charge in [0.25, 0.3) is 0 Å². The summed E-state index contributed by atoms with van der Waals surface area (Å²) >= 11 is 0. The standard InChI is InChI=1S/C36H57N3O20/c1-25(40)57-22-36(23-58-26(2)41,24-59-27(3)42)35(54)55-14-10-8-6-4-5-7-9-11-34(53)56-21-28(15-38(18-31(47)48)19-32(49)50)39(20-33(51)52)13-12-37(16-29(43)44)17-30(45)46/h28H,4-24H2,1-3H3,(H,43,44)(H,45,46)(H,47,48)(H,49,50)(H,51,52). The third-order valence-electron chi connectivity index (χ3n) is 8.25. The van der Waals surface area contributed by atoms with Crippen LogP contribution in [0.5, 0.6) is 0 Å². The summed E-state index contributed by atoms with van der Waals surface area (Å²) in [6.07, 6.45) is 4.33. The van der Waals surface area contributed by atoms with Gasteiger partial charge in [0.2, 0.25) is 0 Å². The van der Waals surface area contributed by atoms with Gasteiger partial charge in [0.15, 0.2) is 5.41 Å². The Labute approximate surface area is 340 Å². The van der Waals surface area contributed by atoms with Crippen molar-refractivity contribution in [3.63, 3.8) is 0 Å². The van der Waals surface area contributed by atoms with E-state index in [-0.39, 0.29) is 32.7 Å². The summed E-state index contributed by atoms with van der Waals surface area (Å²) in [5, 5.41) is 46.5. The largest absolute Gasteiger partial charge is 0.480 e. The van der Waals surface area contributed by atoms with Crippen molar-refractivity contribution in [1.82, 2.24) is 14.7 Å². The average molecular weight is 852 g/mol. The van der Waals surface area contributed by atoms with Gasteiger partial charge < -0.3 is 49.2 Å². The molecule has 5 N–H and O–H groups in total. The van der Waals surface area contributed by atoms with Crippen molar-refractivity contribution < 1.29 is 97.2 Å². The van der Waals surface area contributed by atoms with Gasteiger partial charge in [0.1, 0.15) is 26.4 Å². The van der Waals surface area contributed by atoms with Gasteiger partial charge in [-0.1, -0.05) is 32.1 Å². The van der Waals surface area contributed by atoms with E-state index in [0.29, 0.717) is 25.7 Å². The fourth-order valence-corrected chi connectivity index (χ4v) is 5.43. The third kappa shape index (κ3) is 27.8. The van der Waals surface area contributed by atoms with Gasteiger partial charge in [-0.2, -0.15) is 0 Å². The molecule has 336 valence electrons. The van der Waals surface area contributed by atoms with Gasteiger partial charge in [0, 0.05) is 46.8 Å². The van der Waals surface area contributed by atoms with Crippen molar-refractivity contribution in [3.8, 4) is 0 Å². The molecular formula is C36H57N3O20. The van der Waals surface area contributed by atoms with E-state index in [9.17, 15) is 63.3 Å². The molecule has 0 aromatic carbocycles. The molecule has 0 heterocycles. The molecule has 0 bridgehead atoms. The quantitative estimate of drug-likeness (QED) is 0.0307. The first-order valence-corrected chi connectivity index (χ1v) is 18.7. The number of unbranched alkanes of at least 4 members (excludes halogenated alkanes) is 6. The smallest absolute Gasteiger partial charge is 0.322 e. The topological polar surface area (TPSA) is 328 Å². The second-order valence-corrected chi connectivity index (χ2v) is 13.6. The highest BCUT2D eigenvalue weighted by atomic mass is 16.6. The van der Waals surface area contributed by atoms with Crippen molar-refractivity contribution in [1.29, 1.82) is 0 Å². The Bertz CT molecular complexity index is 1340. The van der Waals surface area contributed by atoms with Gasteiger partial charge in [-0.3, -0.25) is 62.6 Å². The van der Waals surface area contributed by atoms with Crippen LogP contribution in [0.25, 0.3) is 0 Å². The predicted molar refractivity (Wildman–Crippen MR) is 198 cm³/mol. The first kappa shape index (κ1) is 53.6. The van der Waals surface area contributed by atoms with E-state index in [4.69, 9.17) is 33.9 Å². The maximum Gasteiger partial charge on any atom is 0.322 e. The van der Waals surface area contributed by atoms with Crippen molar-refractivity contribution in [2.75, 3.05) is 85.4 Å². The SMILES string of the molecule is CC(=O)OCC(COC(C)=O)(COC(C)=O)C(=O)OCCCCCCCCCC(=O)OCC(CN(CC(=O)O)CC(=O)O)N(CCN(CC(=O)O)CC(=O)O)CC(=O)O. The minimum absolute atomic E-state index is 0.0230. The van der Waals surface area contributed by atoms with Gasteiger partial charge in [-0.15, -0.1) is 0 Å². The highest BCUT2D eigenvalue weighted by Gasteiger charge is 2.44. The Kier molecular flexibility index (Phi) is 27.0. The van der Waals surface area contributed by atoms with Crippen LogP contribution in [-0.2, 0) is 71.6 Å². The summed E-state index contributed by atoms with van der Waals surface area (Å²) in [6, 6.07) is -1.09. The molecule has 0 rings (SSSR count). The van der Waals surface area contributed by atoms with E-state index < -0.39 is 130 Å². The molecule has 23 nitrogen and oxygen atoms in total. The second kappa shape index (κ2) is 29.7. The first-order chi connectivity index (χ1) is 27.6. The maximum absolute atomic E-state index is 13.0. The normalized spacial score (nSPS) is 11.8. The average Bonchev–Trinajstić information content (AvgIpc) is 3.10. The number of carbonyl (C=O) groups is 10. The number of carboxylic acid groups (broad SMARTS) is 5. The summed E-state index contributed by atoms with van der Waals surface area (Å²) < 4.78 is 25.7. The van der Waals surface area contributed by atoms with Gasteiger partial charge in [0.05, 0.1) is 45.4 Å². The van der Waals surface area contributed by atoms with Crippen molar-refractivity contribution in [2.45, 2.75) is 78.2 Å². The molecule has 0 radical (unpaired) electrons. The molecule has 0 aliphatic rings. The van der Waals surface area contributed by atoms with Gasteiger partial charge >= 0.3 is 59.7 Å². The van der Waals surface area contributed by atoms with E-state index in [1.165, 1.54) is 4.90 Å². The molecule has 0 amide bonds. The summed E-state index contributed by atoms with van der Waals surface area (Å²) in [7, 11) is 0. The molecule has 0 aliphatic carbocycles. The minimum atomic E-state index is -1.77. The van der Waals surface area contributed by atoms with Crippen molar-refractivity contribution >= 4 is 59.7 Å². The highest BCUT2D eigenvalue weighted by molar-refractivity contribution is 5.79. The molecule has 0 saturated carbocycles. The number of ether oxygens (including phenoxy) is 5. The fraction of sp³-hybridized carbons (Fsp3) is 0.722. The Morgan fingerprint density at radius 1 is 0.492 bits per heavy atom. The predicted octanol–water partition coefficient (Wildman–Crippen LogP) is -0.433. The Morgan fingerprint density at radius 2 is 0.898 bits per heavy atom. The van der Waals surface area contributed by atoms with E-state index >= 15 is 0 Å². The number of hydrogen-bond acceptors (Lipinski definition) is 18. The molecule has 0 aromatic heterocycles. The van der Waals surface area contributed by atoms with Crippen molar-refractivity contribution in [2.24, 2.45) is 5.41 Å². The third-order valence-corrected chi connectivity index (χ3v) is 8.25. The van der Waals surface area contributed by atoms with Crippen LogP contribution < -0.4 is 0 Å². The Hall–Kier alpha value is -5.42.